The van der Waals surface area contributed by atoms with Crippen molar-refractivity contribution < 1.29 is 30.7 Å². The van der Waals surface area contributed by atoms with Crippen molar-refractivity contribution in [3.8, 4) is 0 Å². The van der Waals surface area contributed by atoms with Crippen LogP contribution in [0.5, 0.6) is 0 Å². The first-order chi connectivity index (χ1) is 21.8. The summed E-state index contributed by atoms with van der Waals surface area (Å²) in [7, 11) is -8.04. The van der Waals surface area contributed by atoms with E-state index in [9.17, 15) is 16.8 Å². The molecule has 240 valence electrons. The summed E-state index contributed by atoms with van der Waals surface area (Å²) in [6.07, 6.45) is 1.80. The normalized spacial score (nSPS) is 12.1. The van der Waals surface area contributed by atoms with Crippen LogP contribution >= 0.6 is 0 Å². The molecule has 0 aliphatic rings. The van der Waals surface area contributed by atoms with Crippen LogP contribution in [0.1, 0.15) is 28.6 Å². The molecule has 1 atom stereocenters. The molecule has 0 fully saturated rings. The first-order valence-corrected chi connectivity index (χ1v) is 16.8. The molecular weight excluding hydrogens is 631 g/mol. The van der Waals surface area contributed by atoms with E-state index in [-0.39, 0.29) is 9.79 Å². The minimum Gasteiger partial charge on any atom is -0.375 e. The summed E-state index contributed by atoms with van der Waals surface area (Å²) in [6, 6.07) is 29.5. The molecule has 2 aromatic heterocycles. The monoisotopic (exact) mass is 663 g/mol. The van der Waals surface area contributed by atoms with Gasteiger partial charge in [-0.3, -0.25) is 9.11 Å². The third-order valence-electron chi connectivity index (χ3n) is 6.56. The van der Waals surface area contributed by atoms with Crippen molar-refractivity contribution in [2.24, 2.45) is 5.73 Å². The van der Waals surface area contributed by atoms with Gasteiger partial charge in [0, 0.05) is 10.8 Å². The van der Waals surface area contributed by atoms with Crippen molar-refractivity contribution in [2.45, 2.75) is 36.3 Å². The molecule has 0 aliphatic heterocycles. The van der Waals surface area contributed by atoms with Gasteiger partial charge >= 0.3 is 0 Å². The van der Waals surface area contributed by atoms with Crippen molar-refractivity contribution >= 4 is 36.7 Å². The zero-order valence-corrected chi connectivity index (χ0v) is 26.6. The van der Waals surface area contributed by atoms with Gasteiger partial charge in [-0.15, -0.1) is 10.2 Å². The Balaban J connectivity index is 0.000000182. The van der Waals surface area contributed by atoms with Gasteiger partial charge in [0.05, 0.1) is 35.2 Å². The van der Waals surface area contributed by atoms with Crippen LogP contribution < -0.4 is 5.73 Å². The highest BCUT2D eigenvalue weighted by atomic mass is 32.2. The molecule has 0 bridgehead atoms. The van der Waals surface area contributed by atoms with Gasteiger partial charge in [-0.2, -0.15) is 26.4 Å². The molecule has 0 saturated carbocycles. The molecule has 6 aromatic rings. The number of nitrogens with two attached hydrogens (primary N) is 1. The van der Waals surface area contributed by atoms with E-state index in [1.165, 1.54) is 24.3 Å². The Kier molecular flexibility index (Phi) is 11.3. The lowest BCUT2D eigenvalue weighted by Gasteiger charge is -2.10. The molecule has 2 heterocycles. The van der Waals surface area contributed by atoms with E-state index in [0.29, 0.717) is 24.7 Å². The van der Waals surface area contributed by atoms with Crippen LogP contribution in [0.3, 0.4) is 0 Å². The summed E-state index contributed by atoms with van der Waals surface area (Å²) >= 11 is 0. The Labute approximate surface area is 267 Å². The minimum absolute atomic E-state index is 0.0666. The maximum atomic E-state index is 10.5. The molecule has 0 amide bonds. The van der Waals surface area contributed by atoms with Crippen molar-refractivity contribution in [3.63, 3.8) is 0 Å². The lowest BCUT2D eigenvalue weighted by molar-refractivity contribution is 0.106. The summed E-state index contributed by atoms with van der Waals surface area (Å²) in [4.78, 5) is -0.133. The van der Waals surface area contributed by atoms with Gasteiger partial charge in [0.25, 0.3) is 20.2 Å². The topological polar surface area (TPSA) is 187 Å². The molecule has 0 aliphatic carbocycles. The molecule has 0 unspecified atom stereocenters. The maximum Gasteiger partial charge on any atom is 0.294 e. The van der Waals surface area contributed by atoms with Crippen molar-refractivity contribution in [3.05, 3.63) is 132 Å². The van der Waals surface area contributed by atoms with Crippen molar-refractivity contribution in [1.29, 1.82) is 0 Å². The summed E-state index contributed by atoms with van der Waals surface area (Å²) < 4.78 is 66.5. The summed E-state index contributed by atoms with van der Waals surface area (Å²) in [5.41, 5.74) is 9.96. The second-order valence-electron chi connectivity index (χ2n) is 10.2. The van der Waals surface area contributed by atoms with Crippen LogP contribution in [-0.4, -0.2) is 52.4 Å². The van der Waals surface area contributed by atoms with Crippen LogP contribution in [0.4, 0.5) is 0 Å². The van der Waals surface area contributed by atoms with E-state index < -0.39 is 26.3 Å². The minimum atomic E-state index is -4.02. The Morgan fingerprint density at radius 2 is 1.26 bits per heavy atom. The lowest BCUT2D eigenvalue weighted by Crippen LogP contribution is -2.20. The first kappa shape index (κ1) is 34.3. The fraction of sp³-hybridized carbons (Fsp3) is 0.156. The number of hydrogen-bond donors (Lipinski definition) is 3. The fourth-order valence-electron chi connectivity index (χ4n) is 4.11. The number of fused-ring (bicyclic) bond motifs is 3. The average Bonchev–Trinajstić information content (AvgIpc) is 3.47. The zero-order valence-electron chi connectivity index (χ0n) is 25.0. The summed E-state index contributed by atoms with van der Waals surface area (Å²) in [6.45, 7) is 4.55. The Bertz CT molecular complexity index is 2030. The largest absolute Gasteiger partial charge is 0.375 e. The molecule has 4 aromatic carbocycles. The van der Waals surface area contributed by atoms with Crippen molar-refractivity contribution in [2.75, 3.05) is 6.61 Å². The molecule has 0 saturated heterocycles. The molecule has 14 heteroatoms. The van der Waals surface area contributed by atoms with Crippen LogP contribution in [0.25, 0.3) is 16.4 Å². The van der Waals surface area contributed by atoms with E-state index in [1.54, 1.807) is 35.0 Å². The van der Waals surface area contributed by atoms with E-state index in [4.69, 9.17) is 19.6 Å². The van der Waals surface area contributed by atoms with Crippen LogP contribution in [0.15, 0.2) is 119 Å². The molecule has 6 rings (SSSR count). The van der Waals surface area contributed by atoms with Crippen molar-refractivity contribution in [1.82, 2.24) is 19.8 Å². The van der Waals surface area contributed by atoms with Gasteiger partial charge in [0.15, 0.2) is 11.5 Å². The van der Waals surface area contributed by atoms with Gasteiger partial charge < -0.3 is 10.5 Å². The molecule has 46 heavy (non-hydrogen) atoms. The van der Waals surface area contributed by atoms with E-state index in [0.717, 1.165) is 27.5 Å². The lowest BCUT2D eigenvalue weighted by atomic mass is 10.2. The second kappa shape index (κ2) is 15.1. The first-order valence-electron chi connectivity index (χ1n) is 13.9. The third kappa shape index (κ3) is 9.47. The highest BCUT2D eigenvalue weighted by Gasteiger charge is 2.17. The number of aromatic nitrogens is 4. The quantitative estimate of drug-likeness (QED) is 0.196. The number of ether oxygens (including phenoxy) is 1. The van der Waals surface area contributed by atoms with Gasteiger partial charge in [0.1, 0.15) is 0 Å². The standard InChI is InChI=1S/C18H17N5O.2C7H8O3S/c19-16(12-24-11-13-6-2-1-3-7-13)18-22-21-17-15-9-5-4-8-14(15)10-20-23(17)18;2*1-6-2-4-7(5-3-6)11(8,9)10/h1-10,16H,11-12,19H2;2*2-5H,1H3,(H,8,9,10)/t16-;;/m0../s1. The van der Waals surface area contributed by atoms with Crippen LogP contribution in [-0.2, 0) is 31.6 Å². The molecular formula is C32H33N5O7S2. The molecule has 0 radical (unpaired) electrons. The smallest absolute Gasteiger partial charge is 0.294 e. The average molecular weight is 664 g/mol. The fourth-order valence-corrected chi connectivity index (χ4v) is 5.07. The number of aryl methyl sites for hydroxylation is 2. The SMILES string of the molecule is Cc1ccc(S(=O)(=O)O)cc1.Cc1ccc(S(=O)(=O)O)cc1.N[C@@H](COCc1ccccc1)c1nnc2c3ccccc3cnn12. The molecule has 12 nitrogen and oxygen atoms in total. The van der Waals surface area contributed by atoms with Gasteiger partial charge in [0.2, 0.25) is 0 Å². The number of rotatable bonds is 7. The van der Waals surface area contributed by atoms with Crippen LogP contribution in [0.2, 0.25) is 0 Å². The Morgan fingerprint density at radius 1 is 0.739 bits per heavy atom. The number of benzene rings is 4. The predicted molar refractivity (Wildman–Crippen MR) is 173 cm³/mol. The van der Waals surface area contributed by atoms with E-state index in [2.05, 4.69) is 15.3 Å². The van der Waals surface area contributed by atoms with E-state index in [1.807, 2.05) is 68.4 Å². The summed E-state index contributed by atoms with van der Waals surface area (Å²) in [5, 5.41) is 14.9. The molecule has 0 spiro atoms. The Morgan fingerprint density at radius 3 is 1.80 bits per heavy atom. The number of nitrogens with zero attached hydrogens (tertiary/aromatic N) is 4. The second-order valence-corrected chi connectivity index (χ2v) is 13.1. The zero-order chi connectivity index (χ0) is 33.3. The summed E-state index contributed by atoms with van der Waals surface area (Å²) in [5.74, 6) is 0.601. The van der Waals surface area contributed by atoms with Gasteiger partial charge in [-0.25, -0.2) is 0 Å². The van der Waals surface area contributed by atoms with Crippen LogP contribution in [0, 0.1) is 13.8 Å². The van der Waals surface area contributed by atoms with Gasteiger partial charge in [-0.1, -0.05) is 90.0 Å². The van der Waals surface area contributed by atoms with Gasteiger partial charge in [-0.05, 0) is 43.7 Å². The highest BCUT2D eigenvalue weighted by molar-refractivity contribution is 7.86. The molecule has 4 N–H and O–H groups in total. The highest BCUT2D eigenvalue weighted by Crippen LogP contribution is 2.19. The van der Waals surface area contributed by atoms with E-state index >= 15 is 0 Å². The number of hydrogen-bond acceptors (Lipinski definition) is 9. The third-order valence-corrected chi connectivity index (χ3v) is 8.29. The Hall–Kier alpha value is -4.57. The maximum absolute atomic E-state index is 10.5. The predicted octanol–water partition coefficient (Wildman–Crippen LogP) is 4.98.